The van der Waals surface area contributed by atoms with Gasteiger partial charge >= 0.3 is 0 Å². The standard InChI is InChI=1S/C22H22F2N6O/c23-15-5-14(6-16(24)7-15)17-3-4-26-30(17)20(31)22-9-21(10-22,11-22)12-29-18(8-25)27-19(28-29)13-1-2-13/h4-7,13,17-18H,1-3,9-12H2,(H,27,28). The smallest absolute Gasteiger partial charge is 0.249 e. The topological polar surface area (TPSA) is 84.1 Å². The summed E-state index contributed by atoms with van der Waals surface area (Å²) in [5.74, 6) is -0.00714. The first-order chi connectivity index (χ1) is 14.9. The molecule has 160 valence electrons. The Morgan fingerprint density at radius 2 is 1.94 bits per heavy atom. The van der Waals surface area contributed by atoms with Gasteiger partial charge in [-0.15, -0.1) is 0 Å². The van der Waals surface area contributed by atoms with Crippen LogP contribution in [-0.2, 0) is 4.79 Å². The maximum atomic E-state index is 13.7. The van der Waals surface area contributed by atoms with Crippen LogP contribution in [0.4, 0.5) is 8.78 Å². The summed E-state index contributed by atoms with van der Waals surface area (Å²) in [7, 11) is 0. The predicted octanol–water partition coefficient (Wildman–Crippen LogP) is 2.87. The number of rotatable bonds is 5. The van der Waals surface area contributed by atoms with Gasteiger partial charge in [-0.05, 0) is 55.2 Å². The zero-order valence-corrected chi connectivity index (χ0v) is 16.9. The van der Waals surface area contributed by atoms with Gasteiger partial charge in [0.05, 0.1) is 11.5 Å². The average molecular weight is 424 g/mol. The molecular weight excluding hydrogens is 402 g/mol. The Hall–Kier alpha value is -2.86. The lowest BCUT2D eigenvalue weighted by Gasteiger charge is -2.70. The van der Waals surface area contributed by atoms with Crippen molar-refractivity contribution in [3.63, 3.8) is 0 Å². The molecule has 9 heteroatoms. The average Bonchev–Trinajstić information content (AvgIpc) is 3.25. The highest BCUT2D eigenvalue weighted by molar-refractivity contribution is 5.89. The van der Waals surface area contributed by atoms with Gasteiger partial charge in [-0.1, -0.05) is 0 Å². The molecule has 2 aliphatic heterocycles. The molecule has 1 aromatic carbocycles. The molecule has 1 N–H and O–H groups in total. The third-order valence-corrected chi connectivity index (χ3v) is 7.30. The van der Waals surface area contributed by atoms with Gasteiger partial charge in [0.2, 0.25) is 12.1 Å². The van der Waals surface area contributed by atoms with E-state index in [9.17, 15) is 18.8 Å². The number of carbonyl (C=O) groups excluding carboxylic acids is 1. The fourth-order valence-corrected chi connectivity index (χ4v) is 5.87. The molecule has 7 nitrogen and oxygen atoms in total. The number of hydrazone groups is 1. The minimum absolute atomic E-state index is 0.0101. The second-order valence-corrected chi connectivity index (χ2v) is 9.74. The van der Waals surface area contributed by atoms with Crippen LogP contribution in [0.25, 0.3) is 0 Å². The molecule has 4 fully saturated rings. The largest absolute Gasteiger partial charge is 0.304 e. The first-order valence-corrected chi connectivity index (χ1v) is 10.7. The minimum Gasteiger partial charge on any atom is -0.304 e. The number of nitrogens with one attached hydrogen (secondary N) is 1. The van der Waals surface area contributed by atoms with Gasteiger partial charge in [-0.25, -0.2) is 18.8 Å². The summed E-state index contributed by atoms with van der Waals surface area (Å²) in [6, 6.07) is 5.14. The van der Waals surface area contributed by atoms with Gasteiger partial charge in [-0.2, -0.15) is 15.4 Å². The molecule has 2 heterocycles. The molecule has 2 atom stereocenters. The highest BCUT2D eigenvalue weighted by Crippen LogP contribution is 2.74. The quantitative estimate of drug-likeness (QED) is 0.788. The van der Waals surface area contributed by atoms with Crippen molar-refractivity contribution < 1.29 is 13.6 Å². The van der Waals surface area contributed by atoms with Crippen molar-refractivity contribution in [1.82, 2.24) is 15.4 Å². The Labute approximate surface area is 178 Å². The Morgan fingerprint density at radius 1 is 1.23 bits per heavy atom. The molecule has 0 spiro atoms. The zero-order chi connectivity index (χ0) is 21.4. The van der Waals surface area contributed by atoms with E-state index in [2.05, 4.69) is 21.6 Å². The Bertz CT molecular complexity index is 1030. The number of halogens is 2. The van der Waals surface area contributed by atoms with E-state index in [1.165, 1.54) is 17.1 Å². The lowest BCUT2D eigenvalue weighted by Crippen LogP contribution is -2.71. The van der Waals surface area contributed by atoms with Crippen LogP contribution in [-0.4, -0.2) is 40.7 Å². The van der Waals surface area contributed by atoms with E-state index < -0.39 is 29.3 Å². The van der Waals surface area contributed by atoms with Crippen LogP contribution in [0.2, 0.25) is 0 Å². The highest BCUT2D eigenvalue weighted by atomic mass is 19.1. The van der Waals surface area contributed by atoms with Crippen molar-refractivity contribution in [1.29, 1.82) is 5.26 Å². The number of amidine groups is 1. The van der Waals surface area contributed by atoms with Crippen molar-refractivity contribution in [2.75, 3.05) is 6.54 Å². The Morgan fingerprint density at radius 3 is 2.58 bits per heavy atom. The number of hydrogen-bond acceptors (Lipinski definition) is 6. The van der Waals surface area contributed by atoms with E-state index in [0.29, 0.717) is 24.4 Å². The highest BCUT2D eigenvalue weighted by Gasteiger charge is 2.73. The molecule has 1 aromatic rings. The number of hydrogen-bond donors (Lipinski definition) is 1. The molecule has 4 aliphatic carbocycles. The molecule has 2 bridgehead atoms. The minimum atomic E-state index is -0.656. The first-order valence-electron chi connectivity index (χ1n) is 10.7. The summed E-state index contributed by atoms with van der Waals surface area (Å²) in [5, 5.41) is 17.0. The molecule has 4 saturated carbocycles. The lowest BCUT2D eigenvalue weighted by atomic mass is 9.34. The number of benzene rings is 1. The fraction of sp³-hybridized carbons (Fsp3) is 0.545. The van der Waals surface area contributed by atoms with Gasteiger partial charge in [0.25, 0.3) is 0 Å². The number of nitrogens with zero attached hydrogens (tertiary/aromatic N) is 5. The van der Waals surface area contributed by atoms with Crippen LogP contribution in [0.5, 0.6) is 0 Å². The van der Waals surface area contributed by atoms with Gasteiger partial charge < -0.3 is 5.43 Å². The van der Waals surface area contributed by atoms with E-state index in [1.54, 1.807) is 6.21 Å². The number of aliphatic imine (C=N–C) groups is 1. The fourth-order valence-electron chi connectivity index (χ4n) is 5.87. The maximum absolute atomic E-state index is 13.7. The summed E-state index contributed by atoms with van der Waals surface area (Å²) in [6.07, 6.45) is 6.03. The number of nitriles is 1. The van der Waals surface area contributed by atoms with Crippen LogP contribution in [0.3, 0.4) is 0 Å². The molecule has 1 amide bonds. The Balaban J connectivity index is 1.12. The molecule has 0 radical (unpaired) electrons. The van der Waals surface area contributed by atoms with E-state index in [1.807, 2.05) is 5.01 Å². The van der Waals surface area contributed by atoms with Crippen LogP contribution < -0.4 is 5.43 Å². The van der Waals surface area contributed by atoms with E-state index in [0.717, 1.165) is 44.0 Å². The monoisotopic (exact) mass is 424 g/mol. The predicted molar refractivity (Wildman–Crippen MR) is 107 cm³/mol. The van der Waals surface area contributed by atoms with E-state index >= 15 is 0 Å². The first kappa shape index (κ1) is 18.9. The third kappa shape index (κ3) is 2.88. The van der Waals surface area contributed by atoms with Gasteiger partial charge in [0, 0.05) is 31.2 Å². The second-order valence-electron chi connectivity index (χ2n) is 9.74. The van der Waals surface area contributed by atoms with Crippen LogP contribution in [0.1, 0.15) is 50.1 Å². The van der Waals surface area contributed by atoms with Crippen molar-refractivity contribution in [3.05, 3.63) is 35.4 Å². The van der Waals surface area contributed by atoms with Crippen molar-refractivity contribution in [2.45, 2.75) is 50.7 Å². The van der Waals surface area contributed by atoms with Gasteiger partial charge in [0.1, 0.15) is 23.5 Å². The SMILES string of the molecule is N#CC1N=C(C2CC2)NN1CC12CC(C(=O)N3N=CCC3c3cc(F)cc(F)c3)(C1)C2. The van der Waals surface area contributed by atoms with Crippen molar-refractivity contribution in [3.8, 4) is 6.07 Å². The van der Waals surface area contributed by atoms with Crippen molar-refractivity contribution in [2.24, 2.45) is 26.8 Å². The molecule has 2 unspecified atom stereocenters. The second kappa shape index (κ2) is 6.33. The van der Waals surface area contributed by atoms with Crippen LogP contribution in [0.15, 0.2) is 28.3 Å². The number of amides is 1. The summed E-state index contributed by atoms with van der Waals surface area (Å²) in [6.45, 7) is 0.682. The van der Waals surface area contributed by atoms with E-state index in [-0.39, 0.29) is 11.3 Å². The molecule has 31 heavy (non-hydrogen) atoms. The third-order valence-electron chi connectivity index (χ3n) is 7.30. The molecule has 7 rings (SSSR count). The molecular formula is C22H22F2N6O. The molecule has 6 aliphatic rings. The normalized spacial score (nSPS) is 35.8. The van der Waals surface area contributed by atoms with Crippen molar-refractivity contribution >= 4 is 18.0 Å². The molecule has 0 aromatic heterocycles. The zero-order valence-electron chi connectivity index (χ0n) is 16.9. The van der Waals surface area contributed by atoms with Gasteiger partial charge in [-0.3, -0.25) is 4.79 Å². The summed E-state index contributed by atoms with van der Waals surface area (Å²) in [4.78, 5) is 17.8. The summed E-state index contributed by atoms with van der Waals surface area (Å²) >= 11 is 0. The number of carbonyl (C=O) groups is 1. The number of hydrazine groups is 1. The summed E-state index contributed by atoms with van der Waals surface area (Å²) < 4.78 is 27.4. The van der Waals surface area contributed by atoms with E-state index in [4.69, 9.17) is 0 Å². The maximum Gasteiger partial charge on any atom is 0.249 e. The molecule has 0 saturated heterocycles. The van der Waals surface area contributed by atoms with Gasteiger partial charge in [0.15, 0.2) is 0 Å². The summed E-state index contributed by atoms with van der Waals surface area (Å²) in [5.41, 5.74) is 3.29. The Kier molecular flexibility index (Phi) is 3.85. The van der Waals surface area contributed by atoms with Crippen LogP contribution >= 0.6 is 0 Å². The van der Waals surface area contributed by atoms with Crippen LogP contribution in [0, 0.1) is 39.7 Å². The lowest BCUT2D eigenvalue weighted by molar-refractivity contribution is -0.225.